The second-order valence-electron chi connectivity index (χ2n) is 6.56. The number of aromatic nitrogens is 1. The van der Waals surface area contributed by atoms with Crippen molar-refractivity contribution in [2.24, 2.45) is 0 Å². The van der Waals surface area contributed by atoms with Gasteiger partial charge in [0.05, 0.1) is 18.9 Å². The predicted octanol–water partition coefficient (Wildman–Crippen LogP) is 4.68. The van der Waals surface area contributed by atoms with Crippen LogP contribution in [0.5, 0.6) is 11.6 Å². The second-order valence-corrected chi connectivity index (χ2v) is 6.56. The highest BCUT2D eigenvalue weighted by molar-refractivity contribution is 5.69. The number of hydrogen-bond acceptors (Lipinski definition) is 5. The Kier molecular flexibility index (Phi) is 6.79. The van der Waals surface area contributed by atoms with Crippen molar-refractivity contribution in [3.63, 3.8) is 0 Å². The van der Waals surface area contributed by atoms with E-state index in [0.29, 0.717) is 30.2 Å². The maximum absolute atomic E-state index is 14.4. The van der Waals surface area contributed by atoms with E-state index in [1.807, 2.05) is 0 Å². The molecule has 1 fully saturated rings. The number of carbonyl (C=O) groups is 1. The van der Waals surface area contributed by atoms with E-state index in [4.69, 9.17) is 14.2 Å². The first-order valence-corrected chi connectivity index (χ1v) is 9.48. The SMILES string of the molecule is CCOC(=O)CCCOc1c(F)cc(-c2cccc(OC3CCC3)n2)cc1F. The van der Waals surface area contributed by atoms with E-state index >= 15 is 0 Å². The highest BCUT2D eigenvalue weighted by Gasteiger charge is 2.20. The third-order valence-electron chi connectivity index (χ3n) is 4.43. The van der Waals surface area contributed by atoms with Gasteiger partial charge in [-0.15, -0.1) is 0 Å². The molecule has 2 aromatic rings. The molecule has 150 valence electrons. The minimum Gasteiger partial charge on any atom is -0.488 e. The lowest BCUT2D eigenvalue weighted by Crippen LogP contribution is -2.24. The van der Waals surface area contributed by atoms with E-state index in [-0.39, 0.29) is 25.1 Å². The molecule has 0 atom stereocenters. The Morgan fingerprint density at radius 2 is 1.96 bits per heavy atom. The number of halogens is 2. The maximum atomic E-state index is 14.4. The van der Waals surface area contributed by atoms with E-state index in [9.17, 15) is 13.6 Å². The monoisotopic (exact) mass is 391 g/mol. The summed E-state index contributed by atoms with van der Waals surface area (Å²) in [5.74, 6) is -2.02. The highest BCUT2D eigenvalue weighted by atomic mass is 19.1. The number of carbonyl (C=O) groups excluding carboxylic acids is 1. The number of rotatable bonds is 9. The van der Waals surface area contributed by atoms with Crippen LogP contribution in [0.2, 0.25) is 0 Å². The molecular formula is C21H23F2NO4. The Labute approximate surface area is 162 Å². The average molecular weight is 391 g/mol. The first-order valence-electron chi connectivity index (χ1n) is 9.48. The lowest BCUT2D eigenvalue weighted by Gasteiger charge is -2.25. The molecule has 0 aliphatic heterocycles. The molecule has 0 N–H and O–H groups in total. The molecule has 1 aromatic carbocycles. The lowest BCUT2D eigenvalue weighted by molar-refractivity contribution is -0.143. The van der Waals surface area contributed by atoms with Crippen molar-refractivity contribution < 1.29 is 27.8 Å². The second kappa shape index (κ2) is 9.48. The number of hydrogen-bond donors (Lipinski definition) is 0. The zero-order valence-electron chi connectivity index (χ0n) is 15.7. The minimum absolute atomic E-state index is 0.00889. The van der Waals surface area contributed by atoms with Crippen LogP contribution in [-0.2, 0) is 9.53 Å². The van der Waals surface area contributed by atoms with Gasteiger partial charge in [0.1, 0.15) is 6.10 Å². The van der Waals surface area contributed by atoms with Crippen LogP contribution in [0.3, 0.4) is 0 Å². The van der Waals surface area contributed by atoms with Gasteiger partial charge in [0.25, 0.3) is 0 Å². The Morgan fingerprint density at radius 1 is 1.21 bits per heavy atom. The zero-order chi connectivity index (χ0) is 19.9. The summed E-state index contributed by atoms with van der Waals surface area (Å²) in [4.78, 5) is 15.6. The van der Waals surface area contributed by atoms with Gasteiger partial charge in [-0.3, -0.25) is 4.79 Å². The van der Waals surface area contributed by atoms with E-state index in [0.717, 1.165) is 19.3 Å². The summed E-state index contributed by atoms with van der Waals surface area (Å²) in [6, 6.07) is 7.50. The molecule has 0 unspecified atom stereocenters. The molecule has 3 rings (SSSR count). The molecule has 0 spiro atoms. The summed E-state index contributed by atoms with van der Waals surface area (Å²) in [6.07, 6.45) is 3.74. The quantitative estimate of drug-likeness (QED) is 0.459. The van der Waals surface area contributed by atoms with Gasteiger partial charge in [-0.2, -0.15) is 0 Å². The number of ether oxygens (including phenoxy) is 3. The topological polar surface area (TPSA) is 57.7 Å². The van der Waals surface area contributed by atoms with Gasteiger partial charge in [0, 0.05) is 18.1 Å². The zero-order valence-corrected chi connectivity index (χ0v) is 15.7. The van der Waals surface area contributed by atoms with Crippen LogP contribution in [0.1, 0.15) is 39.0 Å². The molecule has 0 bridgehead atoms. The van der Waals surface area contributed by atoms with Crippen LogP contribution in [0.4, 0.5) is 8.78 Å². The fraction of sp³-hybridized carbons (Fsp3) is 0.429. The standard InChI is InChI=1S/C21H23F2NO4/c1-2-26-20(25)10-5-11-27-21-16(22)12-14(13-17(21)23)18-8-4-9-19(24-18)28-15-6-3-7-15/h4,8-9,12-13,15H,2-3,5-7,10-11H2,1H3. The van der Waals surface area contributed by atoms with Gasteiger partial charge in [-0.1, -0.05) is 6.07 Å². The van der Waals surface area contributed by atoms with Crippen LogP contribution >= 0.6 is 0 Å². The minimum atomic E-state index is -0.821. The molecule has 1 saturated carbocycles. The molecule has 1 heterocycles. The van der Waals surface area contributed by atoms with Gasteiger partial charge >= 0.3 is 5.97 Å². The van der Waals surface area contributed by atoms with E-state index in [1.54, 1.807) is 25.1 Å². The molecular weight excluding hydrogens is 368 g/mol. The Morgan fingerprint density at radius 3 is 2.61 bits per heavy atom. The Bertz CT molecular complexity index is 801. The number of esters is 1. The maximum Gasteiger partial charge on any atom is 0.305 e. The fourth-order valence-corrected chi connectivity index (χ4v) is 2.77. The van der Waals surface area contributed by atoms with Crippen molar-refractivity contribution in [3.05, 3.63) is 42.0 Å². The summed E-state index contributed by atoms with van der Waals surface area (Å²) < 4.78 is 44.4. The molecule has 5 nitrogen and oxygen atoms in total. The van der Waals surface area contributed by atoms with Gasteiger partial charge in [-0.05, 0) is 50.8 Å². The summed E-state index contributed by atoms with van der Waals surface area (Å²) >= 11 is 0. The number of pyridine rings is 1. The first-order chi connectivity index (χ1) is 13.6. The molecule has 7 heteroatoms. The van der Waals surface area contributed by atoms with Crippen LogP contribution in [-0.4, -0.2) is 30.3 Å². The van der Waals surface area contributed by atoms with E-state index < -0.39 is 17.4 Å². The molecule has 1 aliphatic rings. The molecule has 0 amide bonds. The molecule has 0 saturated heterocycles. The van der Waals surface area contributed by atoms with Crippen molar-refractivity contribution in [1.82, 2.24) is 4.98 Å². The largest absolute Gasteiger partial charge is 0.488 e. The van der Waals surface area contributed by atoms with Crippen LogP contribution in [0, 0.1) is 11.6 Å². The summed E-state index contributed by atoms with van der Waals surface area (Å²) in [5.41, 5.74) is 0.719. The number of benzene rings is 1. The summed E-state index contributed by atoms with van der Waals surface area (Å²) in [6.45, 7) is 2.02. The van der Waals surface area contributed by atoms with Gasteiger partial charge < -0.3 is 14.2 Å². The van der Waals surface area contributed by atoms with Crippen LogP contribution in [0.15, 0.2) is 30.3 Å². The summed E-state index contributed by atoms with van der Waals surface area (Å²) in [5, 5.41) is 0. The van der Waals surface area contributed by atoms with Crippen molar-refractivity contribution >= 4 is 5.97 Å². The third kappa shape index (κ3) is 5.18. The van der Waals surface area contributed by atoms with E-state index in [2.05, 4.69) is 4.98 Å². The normalized spacial score (nSPS) is 13.7. The van der Waals surface area contributed by atoms with Gasteiger partial charge in [0.15, 0.2) is 17.4 Å². The first kappa shape index (κ1) is 20.0. The third-order valence-corrected chi connectivity index (χ3v) is 4.43. The molecule has 1 aromatic heterocycles. The van der Waals surface area contributed by atoms with Crippen molar-refractivity contribution in [1.29, 1.82) is 0 Å². The van der Waals surface area contributed by atoms with Gasteiger partial charge in [0.2, 0.25) is 5.88 Å². The van der Waals surface area contributed by atoms with Crippen molar-refractivity contribution in [3.8, 4) is 22.9 Å². The van der Waals surface area contributed by atoms with Gasteiger partial charge in [-0.25, -0.2) is 13.8 Å². The average Bonchev–Trinajstić information content (AvgIpc) is 2.64. The summed E-state index contributed by atoms with van der Waals surface area (Å²) in [7, 11) is 0. The lowest BCUT2D eigenvalue weighted by atomic mass is 9.96. The number of nitrogens with zero attached hydrogens (tertiary/aromatic N) is 1. The van der Waals surface area contributed by atoms with E-state index in [1.165, 1.54) is 12.1 Å². The van der Waals surface area contributed by atoms with Crippen LogP contribution < -0.4 is 9.47 Å². The highest BCUT2D eigenvalue weighted by Crippen LogP contribution is 2.30. The predicted molar refractivity (Wildman–Crippen MR) is 99.2 cm³/mol. The molecule has 28 heavy (non-hydrogen) atoms. The Balaban J connectivity index is 1.64. The van der Waals surface area contributed by atoms with Crippen LogP contribution in [0.25, 0.3) is 11.3 Å². The fourth-order valence-electron chi connectivity index (χ4n) is 2.77. The van der Waals surface area contributed by atoms with Crippen molar-refractivity contribution in [2.75, 3.05) is 13.2 Å². The smallest absolute Gasteiger partial charge is 0.305 e. The van der Waals surface area contributed by atoms with Crippen molar-refractivity contribution in [2.45, 2.75) is 45.1 Å². The Hall–Kier alpha value is -2.70. The molecule has 1 aliphatic carbocycles. The molecule has 0 radical (unpaired) electrons.